The summed E-state index contributed by atoms with van der Waals surface area (Å²) >= 11 is 0. The fourth-order valence-corrected chi connectivity index (χ4v) is 1.81. The summed E-state index contributed by atoms with van der Waals surface area (Å²) in [6, 6.07) is 10.2. The number of carbonyl (C=O) groups is 1. The summed E-state index contributed by atoms with van der Waals surface area (Å²) in [4.78, 5) is 11.3. The Labute approximate surface area is 90.0 Å². The van der Waals surface area contributed by atoms with Gasteiger partial charge in [-0.05, 0) is 18.9 Å². The lowest BCUT2D eigenvalue weighted by Gasteiger charge is -2.07. The minimum absolute atomic E-state index is 0.283. The van der Waals surface area contributed by atoms with E-state index in [-0.39, 0.29) is 5.78 Å². The van der Waals surface area contributed by atoms with E-state index in [0.29, 0.717) is 6.42 Å². The number of benzene rings is 1. The van der Waals surface area contributed by atoms with Gasteiger partial charge in [-0.1, -0.05) is 30.3 Å². The number of ketones is 1. The van der Waals surface area contributed by atoms with Gasteiger partial charge in [-0.15, -0.1) is 0 Å². The van der Waals surface area contributed by atoms with Crippen LogP contribution in [0, 0.1) is 0 Å². The van der Waals surface area contributed by atoms with Crippen molar-refractivity contribution in [3.8, 4) is 0 Å². The van der Waals surface area contributed by atoms with E-state index in [1.807, 2.05) is 25.1 Å². The first-order valence-corrected chi connectivity index (χ1v) is 5.28. The Bertz CT molecular complexity index is 392. The second-order valence-corrected chi connectivity index (χ2v) is 3.87. The van der Waals surface area contributed by atoms with E-state index in [1.165, 1.54) is 5.56 Å². The quantitative estimate of drug-likeness (QED) is 0.813. The van der Waals surface area contributed by atoms with Gasteiger partial charge in [-0.3, -0.25) is 4.79 Å². The molecule has 15 heavy (non-hydrogen) atoms. The van der Waals surface area contributed by atoms with Crippen molar-refractivity contribution in [3.63, 3.8) is 0 Å². The molecule has 0 fully saturated rings. The van der Waals surface area contributed by atoms with Crippen molar-refractivity contribution in [1.29, 1.82) is 0 Å². The van der Waals surface area contributed by atoms with Crippen molar-refractivity contribution in [2.45, 2.75) is 26.3 Å². The molecule has 2 heteroatoms. The standard InChI is InChI=1S/C13H15NO/c1-10-12(7-8-13(10)15)14-9-11-5-3-2-4-6-11/h2-6,14H,7-9H2,1H3. The number of hydrogen-bond donors (Lipinski definition) is 1. The van der Waals surface area contributed by atoms with Crippen LogP contribution in [0.4, 0.5) is 0 Å². The molecule has 78 valence electrons. The van der Waals surface area contributed by atoms with Crippen molar-refractivity contribution in [1.82, 2.24) is 5.32 Å². The monoisotopic (exact) mass is 201 g/mol. The van der Waals surface area contributed by atoms with Crippen LogP contribution in [-0.4, -0.2) is 5.78 Å². The third kappa shape index (κ3) is 2.27. The van der Waals surface area contributed by atoms with Gasteiger partial charge in [0.25, 0.3) is 0 Å². The van der Waals surface area contributed by atoms with Crippen LogP contribution in [0.25, 0.3) is 0 Å². The van der Waals surface area contributed by atoms with Gasteiger partial charge in [-0.25, -0.2) is 0 Å². The molecule has 0 saturated heterocycles. The Morgan fingerprint density at radius 1 is 1.20 bits per heavy atom. The third-order valence-electron chi connectivity index (χ3n) is 2.82. The zero-order chi connectivity index (χ0) is 10.7. The average molecular weight is 201 g/mol. The SMILES string of the molecule is CC1=C(NCc2ccccc2)CCC1=O. The number of Topliss-reactive ketones (excluding diaryl/α,β-unsaturated/α-hetero) is 1. The molecule has 1 aromatic rings. The number of allylic oxidation sites excluding steroid dienone is 2. The fraction of sp³-hybridized carbons (Fsp3) is 0.308. The molecule has 0 atom stereocenters. The predicted octanol–water partition coefficient (Wildman–Crippen LogP) is 2.41. The summed E-state index contributed by atoms with van der Waals surface area (Å²) in [5.74, 6) is 0.283. The molecule has 1 aliphatic carbocycles. The Morgan fingerprint density at radius 3 is 2.53 bits per heavy atom. The van der Waals surface area contributed by atoms with Gasteiger partial charge in [0, 0.05) is 24.2 Å². The highest BCUT2D eigenvalue weighted by atomic mass is 16.1. The minimum Gasteiger partial charge on any atom is -0.384 e. The maximum absolute atomic E-state index is 11.3. The van der Waals surface area contributed by atoms with Crippen molar-refractivity contribution < 1.29 is 4.79 Å². The van der Waals surface area contributed by atoms with Crippen molar-refractivity contribution >= 4 is 5.78 Å². The lowest BCUT2D eigenvalue weighted by atomic mass is 10.2. The van der Waals surface area contributed by atoms with Gasteiger partial charge in [0.2, 0.25) is 0 Å². The molecule has 0 amide bonds. The topological polar surface area (TPSA) is 29.1 Å². The summed E-state index contributed by atoms with van der Waals surface area (Å²) in [5.41, 5.74) is 3.27. The van der Waals surface area contributed by atoms with Gasteiger partial charge < -0.3 is 5.32 Å². The molecule has 0 aliphatic heterocycles. The highest BCUT2D eigenvalue weighted by Gasteiger charge is 2.18. The minimum atomic E-state index is 0.283. The van der Waals surface area contributed by atoms with Crippen LogP contribution < -0.4 is 5.32 Å². The molecule has 0 aromatic heterocycles. The van der Waals surface area contributed by atoms with Crippen LogP contribution in [-0.2, 0) is 11.3 Å². The second-order valence-electron chi connectivity index (χ2n) is 3.87. The molecule has 0 radical (unpaired) electrons. The van der Waals surface area contributed by atoms with E-state index < -0.39 is 0 Å². The molecule has 0 saturated carbocycles. The smallest absolute Gasteiger partial charge is 0.160 e. The van der Waals surface area contributed by atoms with Crippen LogP contribution in [0.15, 0.2) is 41.6 Å². The Morgan fingerprint density at radius 2 is 1.93 bits per heavy atom. The zero-order valence-electron chi connectivity index (χ0n) is 8.92. The van der Waals surface area contributed by atoms with Crippen molar-refractivity contribution in [3.05, 3.63) is 47.2 Å². The number of nitrogens with one attached hydrogen (secondary N) is 1. The number of rotatable bonds is 3. The van der Waals surface area contributed by atoms with E-state index in [9.17, 15) is 4.79 Å². The zero-order valence-corrected chi connectivity index (χ0v) is 8.92. The molecule has 1 N–H and O–H groups in total. The third-order valence-corrected chi connectivity index (χ3v) is 2.82. The molecule has 2 nitrogen and oxygen atoms in total. The van der Waals surface area contributed by atoms with E-state index in [1.54, 1.807) is 0 Å². The Kier molecular flexibility index (Phi) is 2.86. The molecule has 1 aliphatic rings. The van der Waals surface area contributed by atoms with Gasteiger partial charge >= 0.3 is 0 Å². The fourth-order valence-electron chi connectivity index (χ4n) is 1.81. The normalized spacial score (nSPS) is 15.9. The van der Waals surface area contributed by atoms with Crippen LogP contribution in [0.5, 0.6) is 0 Å². The maximum Gasteiger partial charge on any atom is 0.160 e. The molecule has 0 spiro atoms. The highest BCUT2D eigenvalue weighted by Crippen LogP contribution is 2.20. The lowest BCUT2D eigenvalue weighted by Crippen LogP contribution is -2.12. The maximum atomic E-state index is 11.3. The summed E-state index contributed by atoms with van der Waals surface area (Å²) in [6.45, 7) is 2.71. The largest absolute Gasteiger partial charge is 0.384 e. The average Bonchev–Trinajstić information content (AvgIpc) is 2.59. The van der Waals surface area contributed by atoms with Gasteiger partial charge in [-0.2, -0.15) is 0 Å². The summed E-state index contributed by atoms with van der Waals surface area (Å²) in [7, 11) is 0. The molecule has 2 rings (SSSR count). The molecule has 1 aromatic carbocycles. The van der Waals surface area contributed by atoms with E-state index in [0.717, 1.165) is 24.2 Å². The van der Waals surface area contributed by atoms with E-state index in [2.05, 4.69) is 17.4 Å². The predicted molar refractivity (Wildman–Crippen MR) is 60.2 cm³/mol. The van der Waals surface area contributed by atoms with E-state index >= 15 is 0 Å². The summed E-state index contributed by atoms with van der Waals surface area (Å²) in [6.07, 6.45) is 1.54. The first kappa shape index (κ1) is 9.97. The second kappa shape index (κ2) is 4.30. The summed E-state index contributed by atoms with van der Waals surface area (Å²) < 4.78 is 0. The van der Waals surface area contributed by atoms with Crippen LogP contribution in [0.1, 0.15) is 25.3 Å². The van der Waals surface area contributed by atoms with Gasteiger partial charge in [0.15, 0.2) is 5.78 Å². The van der Waals surface area contributed by atoms with Crippen molar-refractivity contribution in [2.24, 2.45) is 0 Å². The van der Waals surface area contributed by atoms with Crippen LogP contribution in [0.3, 0.4) is 0 Å². The Balaban J connectivity index is 1.97. The first-order chi connectivity index (χ1) is 7.27. The van der Waals surface area contributed by atoms with Crippen molar-refractivity contribution in [2.75, 3.05) is 0 Å². The van der Waals surface area contributed by atoms with E-state index in [4.69, 9.17) is 0 Å². The Hall–Kier alpha value is -1.57. The van der Waals surface area contributed by atoms with Gasteiger partial charge in [0.05, 0.1) is 0 Å². The van der Waals surface area contributed by atoms with Crippen LogP contribution >= 0.6 is 0 Å². The lowest BCUT2D eigenvalue weighted by molar-refractivity contribution is -0.114. The molecular formula is C13H15NO. The molecule has 0 heterocycles. The number of carbonyl (C=O) groups excluding carboxylic acids is 1. The molecule has 0 bridgehead atoms. The highest BCUT2D eigenvalue weighted by molar-refractivity contribution is 5.97. The van der Waals surface area contributed by atoms with Crippen LogP contribution in [0.2, 0.25) is 0 Å². The molecule has 0 unspecified atom stereocenters. The summed E-state index contributed by atoms with van der Waals surface area (Å²) in [5, 5.41) is 3.34. The number of hydrogen-bond acceptors (Lipinski definition) is 2. The van der Waals surface area contributed by atoms with Gasteiger partial charge in [0.1, 0.15) is 0 Å². The molecular weight excluding hydrogens is 186 g/mol. The first-order valence-electron chi connectivity index (χ1n) is 5.28.